The van der Waals surface area contributed by atoms with Gasteiger partial charge in [-0.25, -0.2) is 9.78 Å². The molecule has 0 atom stereocenters. The minimum Gasteiger partial charge on any atom is -0.464 e. The molecule has 0 spiro atoms. The van der Waals surface area contributed by atoms with E-state index in [1.54, 1.807) is 30.3 Å². The molecule has 0 N–H and O–H groups in total. The quantitative estimate of drug-likeness (QED) is 0.499. The Morgan fingerprint density at radius 3 is 2.60 bits per heavy atom. The maximum Gasteiger partial charge on any atom is 0.360 e. The first-order chi connectivity index (χ1) is 14.5. The highest BCUT2D eigenvalue weighted by Crippen LogP contribution is 2.17. The second-order valence-electron chi connectivity index (χ2n) is 6.74. The first-order valence-electron chi connectivity index (χ1n) is 9.84. The standard InChI is InChI=1S/C21H25N5O4/c1-4-5-13-25(14-10-18-24-19(15(2)30-18)21(28)29-3)20(27)16-8-6-7-9-17(16)26-22-11-12-23-26/h6-9,11-12H,4-5,10,13-14H2,1-3H3. The number of carbonyl (C=O) groups is 2. The minimum absolute atomic E-state index is 0.118. The molecule has 0 aliphatic carbocycles. The molecule has 3 aromatic rings. The summed E-state index contributed by atoms with van der Waals surface area (Å²) in [5.41, 5.74) is 1.30. The van der Waals surface area contributed by atoms with E-state index < -0.39 is 5.97 Å². The minimum atomic E-state index is -0.540. The Morgan fingerprint density at radius 1 is 1.17 bits per heavy atom. The summed E-state index contributed by atoms with van der Waals surface area (Å²) < 4.78 is 10.3. The number of carbonyl (C=O) groups excluding carboxylic acids is 2. The Bertz CT molecular complexity index is 997. The molecule has 0 unspecified atom stereocenters. The SMILES string of the molecule is CCCCN(CCc1nc(C(=O)OC)c(C)o1)C(=O)c1ccccc1-n1nccn1. The lowest BCUT2D eigenvalue weighted by molar-refractivity contribution is 0.0592. The predicted octanol–water partition coefficient (Wildman–Crippen LogP) is 2.84. The van der Waals surface area contributed by atoms with Crippen LogP contribution in [0.15, 0.2) is 41.1 Å². The number of ether oxygens (including phenoxy) is 1. The second kappa shape index (κ2) is 9.82. The van der Waals surface area contributed by atoms with Gasteiger partial charge in [-0.3, -0.25) is 4.79 Å². The number of amides is 1. The van der Waals surface area contributed by atoms with Gasteiger partial charge in [0.25, 0.3) is 5.91 Å². The third kappa shape index (κ3) is 4.73. The highest BCUT2D eigenvalue weighted by Gasteiger charge is 2.22. The second-order valence-corrected chi connectivity index (χ2v) is 6.74. The third-order valence-electron chi connectivity index (χ3n) is 4.65. The van der Waals surface area contributed by atoms with Crippen molar-refractivity contribution in [1.82, 2.24) is 24.9 Å². The molecule has 0 aliphatic heterocycles. The van der Waals surface area contributed by atoms with Crippen molar-refractivity contribution in [2.45, 2.75) is 33.1 Å². The van der Waals surface area contributed by atoms with Crippen molar-refractivity contribution in [3.05, 3.63) is 59.6 Å². The van der Waals surface area contributed by atoms with Gasteiger partial charge in [0.05, 0.1) is 30.8 Å². The number of benzene rings is 1. The van der Waals surface area contributed by atoms with Crippen LogP contribution in [-0.4, -0.2) is 57.0 Å². The van der Waals surface area contributed by atoms with Crippen LogP contribution in [0, 0.1) is 6.92 Å². The van der Waals surface area contributed by atoms with Crippen molar-refractivity contribution in [3.63, 3.8) is 0 Å². The monoisotopic (exact) mass is 411 g/mol. The number of aryl methyl sites for hydroxylation is 1. The van der Waals surface area contributed by atoms with Crippen LogP contribution in [0.25, 0.3) is 5.69 Å². The highest BCUT2D eigenvalue weighted by atomic mass is 16.5. The summed E-state index contributed by atoms with van der Waals surface area (Å²) in [5, 5.41) is 8.30. The number of hydrogen-bond donors (Lipinski definition) is 0. The Morgan fingerprint density at radius 2 is 1.90 bits per heavy atom. The fourth-order valence-electron chi connectivity index (χ4n) is 3.08. The molecule has 0 saturated heterocycles. The number of rotatable bonds is 9. The van der Waals surface area contributed by atoms with Crippen LogP contribution < -0.4 is 0 Å². The third-order valence-corrected chi connectivity index (χ3v) is 4.65. The fraction of sp³-hybridized carbons (Fsp3) is 0.381. The lowest BCUT2D eigenvalue weighted by Crippen LogP contribution is -2.34. The van der Waals surface area contributed by atoms with E-state index in [1.807, 2.05) is 18.2 Å². The molecule has 0 bridgehead atoms. The van der Waals surface area contributed by atoms with E-state index in [1.165, 1.54) is 11.9 Å². The van der Waals surface area contributed by atoms with Crippen molar-refractivity contribution < 1.29 is 18.7 Å². The zero-order chi connectivity index (χ0) is 21.5. The molecule has 9 heteroatoms. The topological polar surface area (TPSA) is 103 Å². The summed E-state index contributed by atoms with van der Waals surface area (Å²) in [6.07, 6.45) is 5.35. The van der Waals surface area contributed by atoms with Gasteiger partial charge in [0, 0.05) is 19.5 Å². The number of esters is 1. The summed E-state index contributed by atoms with van der Waals surface area (Å²) in [7, 11) is 1.30. The van der Waals surface area contributed by atoms with E-state index in [9.17, 15) is 9.59 Å². The molecule has 2 heterocycles. The molecule has 2 aromatic heterocycles. The first-order valence-corrected chi connectivity index (χ1v) is 9.84. The van der Waals surface area contributed by atoms with Crippen LogP contribution in [0.2, 0.25) is 0 Å². The van der Waals surface area contributed by atoms with Gasteiger partial charge in [0.2, 0.25) is 0 Å². The summed E-state index contributed by atoms with van der Waals surface area (Å²) in [6.45, 7) is 4.74. The molecular formula is C21H25N5O4. The van der Waals surface area contributed by atoms with Gasteiger partial charge in [0.1, 0.15) is 5.76 Å². The predicted molar refractivity (Wildman–Crippen MR) is 108 cm³/mol. The van der Waals surface area contributed by atoms with Crippen molar-refractivity contribution in [2.75, 3.05) is 20.2 Å². The normalized spacial score (nSPS) is 10.8. The number of oxazole rings is 1. The first kappa shape index (κ1) is 21.2. The van der Waals surface area contributed by atoms with Gasteiger partial charge in [-0.1, -0.05) is 25.5 Å². The van der Waals surface area contributed by atoms with Crippen molar-refractivity contribution in [1.29, 1.82) is 0 Å². The lowest BCUT2D eigenvalue weighted by Gasteiger charge is -2.23. The molecule has 30 heavy (non-hydrogen) atoms. The number of aromatic nitrogens is 4. The van der Waals surface area contributed by atoms with Crippen LogP contribution in [0.5, 0.6) is 0 Å². The van der Waals surface area contributed by atoms with E-state index in [4.69, 9.17) is 9.15 Å². The van der Waals surface area contributed by atoms with E-state index in [0.29, 0.717) is 42.4 Å². The average molecular weight is 411 g/mol. The number of para-hydroxylation sites is 1. The van der Waals surface area contributed by atoms with Crippen LogP contribution in [0.4, 0.5) is 0 Å². The molecule has 3 rings (SSSR count). The summed E-state index contributed by atoms with van der Waals surface area (Å²) in [6, 6.07) is 7.24. The molecule has 1 amide bonds. The summed E-state index contributed by atoms with van der Waals surface area (Å²) in [5.74, 6) is 0.137. The zero-order valence-corrected chi connectivity index (χ0v) is 17.4. The molecule has 9 nitrogen and oxygen atoms in total. The Balaban J connectivity index is 1.80. The maximum atomic E-state index is 13.3. The smallest absolute Gasteiger partial charge is 0.360 e. The van der Waals surface area contributed by atoms with E-state index in [0.717, 1.165) is 12.8 Å². The molecule has 0 aliphatic rings. The van der Waals surface area contributed by atoms with Gasteiger partial charge >= 0.3 is 5.97 Å². The molecule has 0 saturated carbocycles. The fourth-order valence-corrected chi connectivity index (χ4v) is 3.08. The van der Waals surface area contributed by atoms with Crippen LogP contribution >= 0.6 is 0 Å². The molecule has 158 valence electrons. The average Bonchev–Trinajstić information content (AvgIpc) is 3.43. The number of unbranched alkanes of at least 4 members (excludes halogenated alkanes) is 1. The van der Waals surface area contributed by atoms with Crippen LogP contribution in [-0.2, 0) is 11.2 Å². The lowest BCUT2D eigenvalue weighted by atomic mass is 10.1. The number of hydrogen-bond acceptors (Lipinski definition) is 7. The van der Waals surface area contributed by atoms with Crippen molar-refractivity contribution in [3.8, 4) is 5.69 Å². The number of nitrogens with zero attached hydrogens (tertiary/aromatic N) is 5. The number of methoxy groups -OCH3 is 1. The molecular weight excluding hydrogens is 386 g/mol. The van der Waals surface area contributed by atoms with Gasteiger partial charge < -0.3 is 14.1 Å². The molecule has 0 fully saturated rings. The van der Waals surface area contributed by atoms with Crippen molar-refractivity contribution >= 4 is 11.9 Å². The van der Waals surface area contributed by atoms with E-state index in [2.05, 4.69) is 22.1 Å². The van der Waals surface area contributed by atoms with Gasteiger partial charge in [0.15, 0.2) is 11.6 Å². The van der Waals surface area contributed by atoms with E-state index >= 15 is 0 Å². The summed E-state index contributed by atoms with van der Waals surface area (Å²) in [4.78, 5) is 32.5. The van der Waals surface area contributed by atoms with E-state index in [-0.39, 0.29) is 11.6 Å². The molecule has 1 aromatic carbocycles. The van der Waals surface area contributed by atoms with Crippen LogP contribution in [0.1, 0.15) is 52.3 Å². The zero-order valence-electron chi connectivity index (χ0n) is 17.4. The largest absolute Gasteiger partial charge is 0.464 e. The highest BCUT2D eigenvalue weighted by molar-refractivity contribution is 5.97. The van der Waals surface area contributed by atoms with Crippen LogP contribution in [0.3, 0.4) is 0 Å². The Labute approximate surface area is 174 Å². The summed E-state index contributed by atoms with van der Waals surface area (Å²) >= 11 is 0. The van der Waals surface area contributed by atoms with Gasteiger partial charge in [-0.05, 0) is 25.5 Å². The Hall–Kier alpha value is -3.49. The molecule has 0 radical (unpaired) electrons. The maximum absolute atomic E-state index is 13.3. The van der Waals surface area contributed by atoms with Gasteiger partial charge in [-0.15, -0.1) is 0 Å². The van der Waals surface area contributed by atoms with Gasteiger partial charge in [-0.2, -0.15) is 15.0 Å². The van der Waals surface area contributed by atoms with Crippen molar-refractivity contribution in [2.24, 2.45) is 0 Å². The Kier molecular flexibility index (Phi) is 6.95.